The van der Waals surface area contributed by atoms with Gasteiger partial charge in [-0.15, -0.1) is 0 Å². The predicted molar refractivity (Wildman–Crippen MR) is 78.0 cm³/mol. The van der Waals surface area contributed by atoms with Crippen molar-refractivity contribution >= 4 is 17.3 Å². The molecule has 4 nitrogen and oxygen atoms in total. The SMILES string of the molecule is OCCCCCNc1cc(Cl)ccc1-n1cccn1. The summed E-state index contributed by atoms with van der Waals surface area (Å²) in [4.78, 5) is 0. The van der Waals surface area contributed by atoms with Crippen LogP contribution in [0.3, 0.4) is 0 Å². The Balaban J connectivity index is 2.04. The highest BCUT2D eigenvalue weighted by molar-refractivity contribution is 6.31. The van der Waals surface area contributed by atoms with Gasteiger partial charge in [-0.25, -0.2) is 4.68 Å². The minimum atomic E-state index is 0.260. The molecule has 0 atom stereocenters. The second-order valence-electron chi connectivity index (χ2n) is 4.32. The molecule has 2 rings (SSSR count). The summed E-state index contributed by atoms with van der Waals surface area (Å²) >= 11 is 6.04. The summed E-state index contributed by atoms with van der Waals surface area (Å²) in [7, 11) is 0. The fourth-order valence-corrected chi connectivity index (χ4v) is 2.07. The Hall–Kier alpha value is -1.52. The number of aliphatic hydroxyl groups is 1. The topological polar surface area (TPSA) is 50.1 Å². The largest absolute Gasteiger partial charge is 0.396 e. The number of hydrogen-bond donors (Lipinski definition) is 2. The van der Waals surface area contributed by atoms with Gasteiger partial charge in [0.25, 0.3) is 0 Å². The van der Waals surface area contributed by atoms with Crippen molar-refractivity contribution < 1.29 is 5.11 Å². The lowest BCUT2D eigenvalue weighted by Gasteiger charge is -2.12. The van der Waals surface area contributed by atoms with E-state index in [9.17, 15) is 0 Å². The number of benzene rings is 1. The van der Waals surface area contributed by atoms with Crippen molar-refractivity contribution in [3.05, 3.63) is 41.7 Å². The third-order valence-corrected chi connectivity index (χ3v) is 3.10. The second kappa shape index (κ2) is 7.16. The lowest BCUT2D eigenvalue weighted by Crippen LogP contribution is -2.06. The van der Waals surface area contributed by atoms with Gasteiger partial charge in [-0.1, -0.05) is 11.6 Å². The molecule has 0 bridgehead atoms. The Labute approximate surface area is 118 Å². The van der Waals surface area contributed by atoms with Gasteiger partial charge in [0.15, 0.2) is 0 Å². The molecule has 0 unspecified atom stereocenters. The molecule has 19 heavy (non-hydrogen) atoms. The van der Waals surface area contributed by atoms with E-state index in [2.05, 4.69) is 10.4 Å². The predicted octanol–water partition coefficient (Wildman–Crippen LogP) is 3.10. The summed E-state index contributed by atoms with van der Waals surface area (Å²) in [5.41, 5.74) is 1.96. The van der Waals surface area contributed by atoms with Gasteiger partial charge in [-0.05, 0) is 43.5 Å². The van der Waals surface area contributed by atoms with Crippen LogP contribution in [0.4, 0.5) is 5.69 Å². The molecular weight excluding hydrogens is 262 g/mol. The quantitative estimate of drug-likeness (QED) is 0.766. The Morgan fingerprint density at radius 3 is 2.89 bits per heavy atom. The molecule has 1 aromatic carbocycles. The minimum Gasteiger partial charge on any atom is -0.396 e. The molecule has 0 aliphatic heterocycles. The Morgan fingerprint density at radius 2 is 2.16 bits per heavy atom. The molecule has 2 aromatic rings. The minimum absolute atomic E-state index is 0.260. The van der Waals surface area contributed by atoms with Crippen LogP contribution in [0, 0.1) is 0 Å². The van der Waals surface area contributed by atoms with Gasteiger partial charge in [0.2, 0.25) is 0 Å². The first kappa shape index (κ1) is 13.9. The number of nitrogens with one attached hydrogen (secondary N) is 1. The van der Waals surface area contributed by atoms with E-state index < -0.39 is 0 Å². The third kappa shape index (κ3) is 3.98. The average Bonchev–Trinajstić information content (AvgIpc) is 2.92. The number of halogens is 1. The zero-order chi connectivity index (χ0) is 13.5. The number of anilines is 1. The van der Waals surface area contributed by atoms with Crippen LogP contribution in [0.2, 0.25) is 5.02 Å². The van der Waals surface area contributed by atoms with Gasteiger partial charge in [-0.3, -0.25) is 0 Å². The van der Waals surface area contributed by atoms with Crippen LogP contribution in [0.5, 0.6) is 0 Å². The molecule has 0 spiro atoms. The number of rotatable bonds is 7. The van der Waals surface area contributed by atoms with Crippen molar-refractivity contribution in [1.82, 2.24) is 9.78 Å². The highest BCUT2D eigenvalue weighted by Crippen LogP contribution is 2.24. The summed E-state index contributed by atoms with van der Waals surface area (Å²) in [6.45, 7) is 1.12. The Morgan fingerprint density at radius 1 is 1.26 bits per heavy atom. The monoisotopic (exact) mass is 279 g/mol. The van der Waals surface area contributed by atoms with Gasteiger partial charge < -0.3 is 10.4 Å². The molecule has 0 saturated carbocycles. The van der Waals surface area contributed by atoms with Gasteiger partial charge >= 0.3 is 0 Å². The summed E-state index contributed by atoms with van der Waals surface area (Å²) < 4.78 is 1.81. The number of unbranched alkanes of at least 4 members (excludes halogenated alkanes) is 2. The van der Waals surface area contributed by atoms with Crippen molar-refractivity contribution in [3.8, 4) is 5.69 Å². The van der Waals surface area contributed by atoms with Gasteiger partial charge in [-0.2, -0.15) is 5.10 Å². The van der Waals surface area contributed by atoms with E-state index in [4.69, 9.17) is 16.7 Å². The molecular formula is C14H18ClN3O. The second-order valence-corrected chi connectivity index (χ2v) is 4.76. The zero-order valence-electron chi connectivity index (χ0n) is 10.7. The van der Waals surface area contributed by atoms with E-state index in [-0.39, 0.29) is 6.61 Å². The third-order valence-electron chi connectivity index (χ3n) is 2.86. The van der Waals surface area contributed by atoms with E-state index in [1.807, 2.05) is 35.1 Å². The summed E-state index contributed by atoms with van der Waals surface area (Å²) in [6, 6.07) is 7.60. The van der Waals surface area contributed by atoms with Crippen LogP contribution in [-0.4, -0.2) is 28.0 Å². The average molecular weight is 280 g/mol. The highest BCUT2D eigenvalue weighted by Gasteiger charge is 2.05. The normalized spacial score (nSPS) is 10.6. The van der Waals surface area contributed by atoms with Crippen molar-refractivity contribution in [3.63, 3.8) is 0 Å². The number of aromatic nitrogens is 2. The Bertz CT molecular complexity index is 499. The molecule has 0 aliphatic rings. The number of hydrogen-bond acceptors (Lipinski definition) is 3. The summed E-state index contributed by atoms with van der Waals surface area (Å²) in [5, 5.41) is 17.1. The van der Waals surface area contributed by atoms with Crippen molar-refractivity contribution in [1.29, 1.82) is 0 Å². The van der Waals surface area contributed by atoms with E-state index >= 15 is 0 Å². The van der Waals surface area contributed by atoms with Crippen molar-refractivity contribution in [2.75, 3.05) is 18.5 Å². The maximum Gasteiger partial charge on any atom is 0.0877 e. The molecule has 0 fully saturated rings. The van der Waals surface area contributed by atoms with Crippen LogP contribution < -0.4 is 5.32 Å². The fourth-order valence-electron chi connectivity index (χ4n) is 1.90. The standard InChI is InChI=1S/C14H18ClN3O/c15-12-5-6-14(18-9-4-8-17-18)13(11-12)16-7-2-1-3-10-19/h4-6,8-9,11,16,19H,1-3,7,10H2. The van der Waals surface area contributed by atoms with Gasteiger partial charge in [0.1, 0.15) is 0 Å². The molecule has 102 valence electrons. The van der Waals surface area contributed by atoms with Crippen LogP contribution in [0.1, 0.15) is 19.3 Å². The van der Waals surface area contributed by atoms with Crippen molar-refractivity contribution in [2.24, 2.45) is 0 Å². The molecule has 0 saturated heterocycles. The van der Waals surface area contributed by atoms with E-state index in [1.165, 1.54) is 0 Å². The molecule has 5 heteroatoms. The molecule has 0 amide bonds. The first-order valence-corrected chi connectivity index (χ1v) is 6.83. The molecule has 1 aromatic heterocycles. The summed E-state index contributed by atoms with van der Waals surface area (Å²) in [5.74, 6) is 0. The first-order chi connectivity index (χ1) is 9.31. The number of aliphatic hydroxyl groups excluding tert-OH is 1. The van der Waals surface area contributed by atoms with E-state index in [0.29, 0.717) is 5.02 Å². The zero-order valence-corrected chi connectivity index (χ0v) is 11.5. The van der Waals surface area contributed by atoms with Crippen LogP contribution >= 0.6 is 11.6 Å². The van der Waals surface area contributed by atoms with Gasteiger partial charge in [0.05, 0.1) is 11.4 Å². The smallest absolute Gasteiger partial charge is 0.0877 e. The van der Waals surface area contributed by atoms with E-state index in [1.54, 1.807) is 6.20 Å². The van der Waals surface area contributed by atoms with Gasteiger partial charge in [0, 0.05) is 30.6 Å². The van der Waals surface area contributed by atoms with E-state index in [0.717, 1.165) is 37.2 Å². The van der Waals surface area contributed by atoms with Crippen LogP contribution in [-0.2, 0) is 0 Å². The lowest BCUT2D eigenvalue weighted by atomic mass is 10.2. The fraction of sp³-hybridized carbons (Fsp3) is 0.357. The molecule has 1 heterocycles. The summed E-state index contributed by atoms with van der Waals surface area (Å²) in [6.07, 6.45) is 6.54. The maximum atomic E-state index is 8.74. The highest BCUT2D eigenvalue weighted by atomic mass is 35.5. The lowest BCUT2D eigenvalue weighted by molar-refractivity contribution is 0.283. The molecule has 2 N–H and O–H groups in total. The van der Waals surface area contributed by atoms with Crippen LogP contribution in [0.25, 0.3) is 5.69 Å². The van der Waals surface area contributed by atoms with Crippen molar-refractivity contribution in [2.45, 2.75) is 19.3 Å². The Kier molecular flexibility index (Phi) is 5.24. The first-order valence-electron chi connectivity index (χ1n) is 6.45. The molecule has 0 radical (unpaired) electrons. The maximum absolute atomic E-state index is 8.74. The van der Waals surface area contributed by atoms with Crippen LogP contribution in [0.15, 0.2) is 36.7 Å². The molecule has 0 aliphatic carbocycles. The number of nitrogens with zero attached hydrogens (tertiary/aromatic N) is 2.